The van der Waals surface area contributed by atoms with Crippen LogP contribution in [0.25, 0.3) is 5.82 Å². The average Bonchev–Trinajstić information content (AvgIpc) is 3.09. The van der Waals surface area contributed by atoms with Gasteiger partial charge in [-0.2, -0.15) is 18.3 Å². The molecule has 0 fully saturated rings. The third kappa shape index (κ3) is 4.17. The maximum atomic E-state index is 13.6. The van der Waals surface area contributed by atoms with Crippen LogP contribution in [0.15, 0.2) is 54.9 Å². The number of carbonyl (C=O) groups excluding carboxylic acids is 2. The molecule has 0 aliphatic rings. The molecule has 2 aromatic heterocycles. The summed E-state index contributed by atoms with van der Waals surface area (Å²) in [5.41, 5.74) is -1.11. The average molecular weight is 389 g/mol. The highest BCUT2D eigenvalue weighted by atomic mass is 19.4. The molecule has 0 atom stereocenters. The summed E-state index contributed by atoms with van der Waals surface area (Å²) >= 11 is 0. The Bertz CT molecular complexity index is 998. The molecule has 3 aromatic rings. The van der Waals surface area contributed by atoms with Crippen LogP contribution in [0.2, 0.25) is 0 Å². The summed E-state index contributed by atoms with van der Waals surface area (Å²) in [7, 11) is 0. The predicted molar refractivity (Wildman–Crippen MR) is 95.1 cm³/mol. The highest BCUT2D eigenvalue weighted by Crippen LogP contribution is 2.33. The van der Waals surface area contributed by atoms with Gasteiger partial charge in [-0.25, -0.2) is 9.67 Å². The SMILES string of the molecule is CC(=O)Nc1ccc(NC(=O)c2cnn(-c3ccccn3)c2C(F)(F)F)cc1. The smallest absolute Gasteiger partial charge is 0.326 e. The third-order valence-electron chi connectivity index (χ3n) is 3.61. The first kappa shape index (κ1) is 19.1. The number of halogens is 3. The Morgan fingerprint density at radius 2 is 1.64 bits per heavy atom. The monoisotopic (exact) mass is 389 g/mol. The number of benzene rings is 1. The molecule has 7 nitrogen and oxygen atoms in total. The van der Waals surface area contributed by atoms with Gasteiger partial charge in [-0.1, -0.05) is 6.07 Å². The fourth-order valence-electron chi connectivity index (χ4n) is 2.48. The van der Waals surface area contributed by atoms with Crippen LogP contribution < -0.4 is 10.6 Å². The van der Waals surface area contributed by atoms with Crippen molar-refractivity contribution in [1.29, 1.82) is 0 Å². The molecular formula is C18H14F3N5O2. The zero-order chi connectivity index (χ0) is 20.3. The van der Waals surface area contributed by atoms with Gasteiger partial charge in [0.2, 0.25) is 5.91 Å². The number of hydrogen-bond acceptors (Lipinski definition) is 4. The van der Waals surface area contributed by atoms with E-state index >= 15 is 0 Å². The molecule has 0 saturated carbocycles. The fourth-order valence-corrected chi connectivity index (χ4v) is 2.48. The van der Waals surface area contributed by atoms with Crippen molar-refractivity contribution in [2.24, 2.45) is 0 Å². The Morgan fingerprint density at radius 3 is 2.18 bits per heavy atom. The summed E-state index contributed by atoms with van der Waals surface area (Å²) in [4.78, 5) is 27.3. The van der Waals surface area contributed by atoms with Gasteiger partial charge >= 0.3 is 6.18 Å². The van der Waals surface area contributed by atoms with Gasteiger partial charge in [0.1, 0.15) is 0 Å². The topological polar surface area (TPSA) is 88.9 Å². The number of amides is 2. The Balaban J connectivity index is 1.90. The number of nitrogens with one attached hydrogen (secondary N) is 2. The number of aromatic nitrogens is 3. The number of nitrogens with zero attached hydrogens (tertiary/aromatic N) is 3. The molecule has 3 rings (SSSR count). The van der Waals surface area contributed by atoms with E-state index < -0.39 is 23.3 Å². The van der Waals surface area contributed by atoms with E-state index in [1.807, 2.05) is 0 Å². The van der Waals surface area contributed by atoms with Gasteiger partial charge in [-0.3, -0.25) is 9.59 Å². The Labute approximate surface area is 157 Å². The Hall–Kier alpha value is -3.69. The van der Waals surface area contributed by atoms with Crippen LogP contribution in [0.3, 0.4) is 0 Å². The number of anilines is 2. The van der Waals surface area contributed by atoms with E-state index in [1.165, 1.54) is 49.5 Å². The van der Waals surface area contributed by atoms with Crippen molar-refractivity contribution in [3.63, 3.8) is 0 Å². The number of alkyl halides is 3. The van der Waals surface area contributed by atoms with Crippen LogP contribution in [-0.2, 0) is 11.0 Å². The number of pyridine rings is 1. The largest absolute Gasteiger partial charge is 0.434 e. The van der Waals surface area contributed by atoms with E-state index in [9.17, 15) is 22.8 Å². The maximum Gasteiger partial charge on any atom is 0.434 e. The van der Waals surface area contributed by atoms with Crippen molar-refractivity contribution >= 4 is 23.2 Å². The van der Waals surface area contributed by atoms with Crippen LogP contribution in [0, 0.1) is 0 Å². The van der Waals surface area contributed by atoms with Crippen LogP contribution in [0.5, 0.6) is 0 Å². The quantitative estimate of drug-likeness (QED) is 0.715. The first-order valence-electron chi connectivity index (χ1n) is 8.01. The minimum atomic E-state index is -4.82. The second kappa shape index (κ2) is 7.51. The molecule has 0 saturated heterocycles. The highest BCUT2D eigenvalue weighted by molar-refractivity contribution is 6.05. The van der Waals surface area contributed by atoms with Gasteiger partial charge < -0.3 is 10.6 Å². The van der Waals surface area contributed by atoms with Gasteiger partial charge in [0, 0.05) is 24.5 Å². The summed E-state index contributed by atoms with van der Waals surface area (Å²) in [6.07, 6.45) is -2.65. The molecule has 10 heteroatoms. The summed E-state index contributed by atoms with van der Waals surface area (Å²) in [6.45, 7) is 1.34. The molecule has 0 aliphatic heterocycles. The van der Waals surface area contributed by atoms with Gasteiger partial charge in [0.25, 0.3) is 5.91 Å². The van der Waals surface area contributed by atoms with Crippen LogP contribution in [0.4, 0.5) is 24.5 Å². The second-order valence-corrected chi connectivity index (χ2v) is 5.72. The molecule has 144 valence electrons. The molecule has 2 amide bonds. The minimum absolute atomic E-state index is 0.0615. The van der Waals surface area contributed by atoms with E-state index in [0.717, 1.165) is 6.20 Å². The van der Waals surface area contributed by atoms with Crippen LogP contribution in [-0.4, -0.2) is 26.6 Å². The Morgan fingerprint density at radius 1 is 1.00 bits per heavy atom. The van der Waals surface area contributed by atoms with Crippen molar-refractivity contribution in [2.45, 2.75) is 13.1 Å². The molecule has 1 aromatic carbocycles. The Kier molecular flexibility index (Phi) is 5.12. The van der Waals surface area contributed by atoms with Crippen molar-refractivity contribution in [3.8, 4) is 5.82 Å². The van der Waals surface area contributed by atoms with Crippen molar-refractivity contribution in [2.75, 3.05) is 10.6 Å². The van der Waals surface area contributed by atoms with E-state index in [-0.39, 0.29) is 17.4 Å². The third-order valence-corrected chi connectivity index (χ3v) is 3.61. The van der Waals surface area contributed by atoms with Gasteiger partial charge in [0.15, 0.2) is 11.5 Å². The van der Waals surface area contributed by atoms with Gasteiger partial charge in [-0.15, -0.1) is 0 Å². The maximum absolute atomic E-state index is 13.6. The lowest BCUT2D eigenvalue weighted by Gasteiger charge is -2.12. The summed E-state index contributed by atoms with van der Waals surface area (Å²) in [6, 6.07) is 10.4. The van der Waals surface area contributed by atoms with E-state index in [1.54, 1.807) is 6.07 Å². The van der Waals surface area contributed by atoms with Gasteiger partial charge in [0.05, 0.1) is 11.8 Å². The van der Waals surface area contributed by atoms with Crippen molar-refractivity contribution in [3.05, 3.63) is 66.1 Å². The predicted octanol–water partition coefficient (Wildman–Crippen LogP) is 3.50. The number of hydrogen-bond donors (Lipinski definition) is 2. The first-order valence-corrected chi connectivity index (χ1v) is 8.01. The molecule has 0 aliphatic carbocycles. The lowest BCUT2D eigenvalue weighted by Crippen LogP contribution is -2.21. The molecular weight excluding hydrogens is 375 g/mol. The molecule has 0 unspecified atom stereocenters. The number of rotatable bonds is 4. The van der Waals surface area contributed by atoms with Crippen LogP contribution >= 0.6 is 0 Å². The molecule has 0 bridgehead atoms. The second-order valence-electron chi connectivity index (χ2n) is 5.72. The summed E-state index contributed by atoms with van der Waals surface area (Å²) < 4.78 is 41.4. The highest BCUT2D eigenvalue weighted by Gasteiger charge is 2.40. The molecule has 2 N–H and O–H groups in total. The molecule has 0 radical (unpaired) electrons. The standard InChI is InChI=1S/C18H14F3N5O2/c1-11(27)24-12-5-7-13(8-6-12)25-17(28)14-10-23-26(16(14)18(19,20)21)15-4-2-3-9-22-15/h2-10H,1H3,(H,24,27)(H,25,28). The number of carbonyl (C=O) groups is 2. The zero-order valence-electron chi connectivity index (χ0n) is 14.5. The molecule has 0 spiro atoms. The summed E-state index contributed by atoms with van der Waals surface area (Å²) in [5, 5.41) is 8.63. The molecule has 2 heterocycles. The van der Waals surface area contributed by atoms with E-state index in [0.29, 0.717) is 10.4 Å². The summed E-state index contributed by atoms with van der Waals surface area (Å²) in [5.74, 6) is -1.30. The normalized spacial score (nSPS) is 11.1. The zero-order valence-corrected chi connectivity index (χ0v) is 14.5. The first-order chi connectivity index (χ1) is 13.3. The fraction of sp³-hybridized carbons (Fsp3) is 0.111. The van der Waals surface area contributed by atoms with Crippen molar-refractivity contribution in [1.82, 2.24) is 14.8 Å². The van der Waals surface area contributed by atoms with E-state index in [2.05, 4.69) is 20.7 Å². The van der Waals surface area contributed by atoms with E-state index in [4.69, 9.17) is 0 Å². The minimum Gasteiger partial charge on any atom is -0.326 e. The lowest BCUT2D eigenvalue weighted by molar-refractivity contribution is -0.143. The van der Waals surface area contributed by atoms with Crippen molar-refractivity contribution < 1.29 is 22.8 Å². The molecule has 28 heavy (non-hydrogen) atoms. The van der Waals surface area contributed by atoms with Crippen LogP contribution in [0.1, 0.15) is 23.0 Å². The van der Waals surface area contributed by atoms with Gasteiger partial charge in [-0.05, 0) is 36.4 Å². The lowest BCUT2D eigenvalue weighted by atomic mass is 10.2.